The molecule has 120 valence electrons. The number of rotatable bonds is 4. The molecule has 0 atom stereocenters. The lowest BCUT2D eigenvalue weighted by molar-refractivity contribution is -0.115. The second kappa shape index (κ2) is 6.37. The normalized spacial score (nSPS) is 12.7. The van der Waals surface area contributed by atoms with E-state index >= 15 is 0 Å². The second-order valence-electron chi connectivity index (χ2n) is 5.60. The van der Waals surface area contributed by atoms with Gasteiger partial charge in [0.25, 0.3) is 0 Å². The number of nitrogens with one attached hydrogen (secondary N) is 2. The summed E-state index contributed by atoms with van der Waals surface area (Å²) in [5, 5.41) is 8.64. The summed E-state index contributed by atoms with van der Waals surface area (Å²) in [6.07, 6.45) is 1.13. The van der Waals surface area contributed by atoms with E-state index in [2.05, 4.69) is 15.6 Å². The van der Waals surface area contributed by atoms with Crippen LogP contribution in [0.1, 0.15) is 10.6 Å². The number of fused-ring (bicyclic) bond motifs is 1. The molecule has 0 radical (unpaired) electrons. The molecule has 1 aromatic carbocycles. The van der Waals surface area contributed by atoms with Gasteiger partial charge in [0, 0.05) is 43.7 Å². The standard InChI is InChI=1S/C16H18N4O2S/c1-20(2)16(22)17-6-5-15-19-13(9-23-15)10-3-4-12-11(7-10)8-14(21)18-12/h3-4,7,9H,5-6,8H2,1-2H3,(H,17,22)(H,18,21). The van der Waals surface area contributed by atoms with Crippen LogP contribution in [0.15, 0.2) is 23.6 Å². The molecule has 0 saturated heterocycles. The van der Waals surface area contributed by atoms with Crippen molar-refractivity contribution in [2.45, 2.75) is 12.8 Å². The van der Waals surface area contributed by atoms with Gasteiger partial charge in [-0.05, 0) is 17.7 Å². The Labute approximate surface area is 138 Å². The first-order valence-electron chi connectivity index (χ1n) is 7.35. The fourth-order valence-electron chi connectivity index (χ4n) is 2.38. The van der Waals surface area contributed by atoms with Crippen molar-refractivity contribution >= 4 is 29.0 Å². The molecule has 2 heterocycles. The number of benzene rings is 1. The topological polar surface area (TPSA) is 74.3 Å². The van der Waals surface area contributed by atoms with Crippen LogP contribution in [0.4, 0.5) is 10.5 Å². The van der Waals surface area contributed by atoms with Crippen molar-refractivity contribution in [3.63, 3.8) is 0 Å². The number of nitrogens with zero attached hydrogens (tertiary/aromatic N) is 2. The first-order chi connectivity index (χ1) is 11.0. The molecule has 3 rings (SSSR count). The summed E-state index contributed by atoms with van der Waals surface area (Å²) in [6, 6.07) is 5.81. The Morgan fingerprint density at radius 3 is 3.04 bits per heavy atom. The largest absolute Gasteiger partial charge is 0.338 e. The highest BCUT2D eigenvalue weighted by molar-refractivity contribution is 7.09. The highest BCUT2D eigenvalue weighted by Crippen LogP contribution is 2.29. The Balaban J connectivity index is 1.65. The maximum absolute atomic E-state index is 11.5. The van der Waals surface area contributed by atoms with Gasteiger partial charge in [-0.1, -0.05) is 6.07 Å². The van der Waals surface area contributed by atoms with Crippen LogP contribution in [0.5, 0.6) is 0 Å². The van der Waals surface area contributed by atoms with Crippen LogP contribution in [0.25, 0.3) is 11.3 Å². The molecule has 2 aromatic rings. The highest BCUT2D eigenvalue weighted by atomic mass is 32.1. The summed E-state index contributed by atoms with van der Waals surface area (Å²) < 4.78 is 0. The Hall–Kier alpha value is -2.41. The summed E-state index contributed by atoms with van der Waals surface area (Å²) in [4.78, 5) is 29.0. The van der Waals surface area contributed by atoms with Crippen LogP contribution in [0.2, 0.25) is 0 Å². The van der Waals surface area contributed by atoms with Crippen LogP contribution in [0.3, 0.4) is 0 Å². The molecule has 0 bridgehead atoms. The monoisotopic (exact) mass is 330 g/mol. The zero-order valence-electron chi connectivity index (χ0n) is 13.0. The molecule has 0 saturated carbocycles. The predicted molar refractivity (Wildman–Crippen MR) is 90.7 cm³/mol. The van der Waals surface area contributed by atoms with Crippen LogP contribution < -0.4 is 10.6 Å². The number of urea groups is 1. The fraction of sp³-hybridized carbons (Fsp3) is 0.312. The minimum atomic E-state index is -0.0995. The van der Waals surface area contributed by atoms with Crippen molar-refractivity contribution < 1.29 is 9.59 Å². The third kappa shape index (κ3) is 3.50. The van der Waals surface area contributed by atoms with Gasteiger partial charge in [-0.15, -0.1) is 11.3 Å². The van der Waals surface area contributed by atoms with Gasteiger partial charge in [0.2, 0.25) is 5.91 Å². The number of carbonyl (C=O) groups excluding carboxylic acids is 2. The molecule has 6 nitrogen and oxygen atoms in total. The molecule has 0 spiro atoms. The minimum absolute atomic E-state index is 0.0350. The van der Waals surface area contributed by atoms with Crippen LogP contribution in [0, 0.1) is 0 Å². The minimum Gasteiger partial charge on any atom is -0.338 e. The molecule has 0 unspecified atom stereocenters. The van der Waals surface area contributed by atoms with Crippen molar-refractivity contribution in [2.24, 2.45) is 0 Å². The maximum atomic E-state index is 11.5. The van der Waals surface area contributed by atoms with Gasteiger partial charge in [-0.2, -0.15) is 0 Å². The van der Waals surface area contributed by atoms with E-state index in [9.17, 15) is 9.59 Å². The van der Waals surface area contributed by atoms with Crippen LogP contribution in [-0.2, 0) is 17.6 Å². The van der Waals surface area contributed by atoms with Crippen molar-refractivity contribution in [2.75, 3.05) is 26.0 Å². The quantitative estimate of drug-likeness (QED) is 0.902. The summed E-state index contributed by atoms with van der Waals surface area (Å²) in [7, 11) is 3.43. The van der Waals surface area contributed by atoms with Gasteiger partial charge < -0.3 is 15.5 Å². The summed E-state index contributed by atoms with van der Waals surface area (Å²) in [6.45, 7) is 0.562. The first kappa shape index (κ1) is 15.5. The molecule has 1 aliphatic rings. The van der Waals surface area contributed by atoms with E-state index in [0.29, 0.717) is 19.4 Å². The Kier molecular flexibility index (Phi) is 4.29. The lowest BCUT2D eigenvalue weighted by Gasteiger charge is -2.10. The molecule has 2 N–H and O–H groups in total. The second-order valence-corrected chi connectivity index (χ2v) is 6.54. The molecule has 1 aliphatic heterocycles. The van der Waals surface area contributed by atoms with Crippen LogP contribution >= 0.6 is 11.3 Å². The number of hydrogen-bond donors (Lipinski definition) is 2. The molecular weight excluding hydrogens is 312 g/mol. The van der Waals surface area contributed by atoms with E-state index in [1.54, 1.807) is 25.4 Å². The van der Waals surface area contributed by atoms with E-state index in [1.165, 1.54) is 4.90 Å². The average molecular weight is 330 g/mol. The number of hydrogen-bond acceptors (Lipinski definition) is 4. The number of thiazole rings is 1. The van der Waals surface area contributed by atoms with E-state index < -0.39 is 0 Å². The zero-order chi connectivity index (χ0) is 16.4. The van der Waals surface area contributed by atoms with Crippen molar-refractivity contribution in [3.05, 3.63) is 34.2 Å². The Morgan fingerprint density at radius 1 is 1.43 bits per heavy atom. The maximum Gasteiger partial charge on any atom is 0.316 e. The molecular formula is C16H18N4O2S. The van der Waals surface area contributed by atoms with Crippen molar-refractivity contribution in [1.29, 1.82) is 0 Å². The molecule has 0 aliphatic carbocycles. The van der Waals surface area contributed by atoms with Gasteiger partial charge >= 0.3 is 6.03 Å². The summed E-state index contributed by atoms with van der Waals surface area (Å²) in [5.74, 6) is 0.0350. The van der Waals surface area contributed by atoms with Gasteiger partial charge in [-0.25, -0.2) is 9.78 Å². The fourth-order valence-corrected chi connectivity index (χ4v) is 3.19. The highest BCUT2D eigenvalue weighted by Gasteiger charge is 2.18. The summed E-state index contributed by atoms with van der Waals surface area (Å²) in [5.41, 5.74) is 3.83. The number of aromatic nitrogens is 1. The van der Waals surface area contributed by atoms with E-state index in [-0.39, 0.29) is 11.9 Å². The first-order valence-corrected chi connectivity index (χ1v) is 8.23. The third-order valence-electron chi connectivity index (χ3n) is 3.60. The third-order valence-corrected chi connectivity index (χ3v) is 4.51. The number of carbonyl (C=O) groups is 2. The predicted octanol–water partition coefficient (Wildman–Crippen LogP) is 2.12. The molecule has 23 heavy (non-hydrogen) atoms. The molecule has 7 heteroatoms. The van der Waals surface area contributed by atoms with Gasteiger partial charge in [0.05, 0.1) is 17.1 Å². The average Bonchev–Trinajstić information content (AvgIpc) is 3.11. The molecule has 3 amide bonds. The lowest BCUT2D eigenvalue weighted by atomic mass is 10.1. The number of anilines is 1. The molecule has 0 fully saturated rings. The van der Waals surface area contributed by atoms with E-state index in [1.807, 2.05) is 23.6 Å². The smallest absolute Gasteiger partial charge is 0.316 e. The van der Waals surface area contributed by atoms with E-state index in [0.717, 1.165) is 27.5 Å². The van der Waals surface area contributed by atoms with Crippen molar-refractivity contribution in [1.82, 2.24) is 15.2 Å². The van der Waals surface area contributed by atoms with Gasteiger partial charge in [0.1, 0.15) is 0 Å². The van der Waals surface area contributed by atoms with E-state index in [4.69, 9.17) is 0 Å². The Morgan fingerprint density at radius 2 is 2.26 bits per heavy atom. The number of amides is 3. The lowest BCUT2D eigenvalue weighted by Crippen LogP contribution is -2.35. The summed E-state index contributed by atoms with van der Waals surface area (Å²) >= 11 is 1.58. The van der Waals surface area contributed by atoms with Gasteiger partial charge in [-0.3, -0.25) is 4.79 Å². The van der Waals surface area contributed by atoms with Crippen molar-refractivity contribution in [3.8, 4) is 11.3 Å². The van der Waals surface area contributed by atoms with Gasteiger partial charge in [0.15, 0.2) is 0 Å². The molecule has 1 aromatic heterocycles. The SMILES string of the molecule is CN(C)C(=O)NCCc1nc(-c2ccc3c(c2)CC(=O)N3)cs1. The Bertz CT molecular complexity index is 754. The zero-order valence-corrected chi connectivity index (χ0v) is 13.9. The van der Waals surface area contributed by atoms with Crippen LogP contribution in [-0.4, -0.2) is 42.5 Å².